The summed E-state index contributed by atoms with van der Waals surface area (Å²) < 4.78 is 83.7. The minimum Gasteiger partial charge on any atom is -0.305 e. The van der Waals surface area contributed by atoms with E-state index in [2.05, 4.69) is 277 Å². The topological polar surface area (TPSA) is 103 Å². The molecule has 0 N–H and O–H groups in total. The van der Waals surface area contributed by atoms with Crippen LogP contribution in [0.1, 0.15) is 139 Å². The van der Waals surface area contributed by atoms with Gasteiger partial charge in [0, 0.05) is 135 Å². The van der Waals surface area contributed by atoms with Gasteiger partial charge in [-0.3, -0.25) is 0 Å². The van der Waals surface area contributed by atoms with E-state index < -0.39 is 80.8 Å². The number of rotatable bonds is 17. The molecule has 1 atom stereocenters. The Bertz CT molecular complexity index is 6580. The Morgan fingerprint density at radius 3 is 1.21 bits per heavy atom. The van der Waals surface area contributed by atoms with Crippen LogP contribution >= 0.6 is 0 Å². The molecule has 696 valence electrons. The van der Waals surface area contributed by atoms with Crippen molar-refractivity contribution in [3.05, 3.63) is 410 Å². The van der Waals surface area contributed by atoms with Gasteiger partial charge in [0.2, 0.25) is 0 Å². The van der Waals surface area contributed by atoms with Crippen LogP contribution in [-0.4, -0.2) is 72.2 Å². The molecule has 17 rings (SSSR count). The normalized spacial score (nSPS) is 12.8. The fraction of sp³-hybridized carbons (Fsp3) is 0.248. The summed E-state index contributed by atoms with van der Waals surface area (Å²) in [4.78, 5) is 35.3. The number of aryl methyl sites for hydroxylation is 4. The van der Waals surface area contributed by atoms with Crippen molar-refractivity contribution in [2.45, 2.75) is 190 Å². The number of hydrogen-bond acceptors (Lipinski definition) is 8. The predicted molar refractivity (Wildman–Crippen MR) is 558 cm³/mol. The summed E-state index contributed by atoms with van der Waals surface area (Å²) >= 11 is 0. The molecule has 0 aliphatic heterocycles. The molecule has 8 nitrogen and oxygen atoms in total. The smallest absolute Gasteiger partial charge is 0.0830 e. The maximum absolute atomic E-state index is 7.86. The molecule has 4 radical (unpaired) electrons. The first-order chi connectivity index (χ1) is 66.4. The molecule has 8 aromatic heterocycles. The van der Waals surface area contributed by atoms with E-state index in [1.165, 1.54) is 86.2 Å². The van der Waals surface area contributed by atoms with E-state index in [-0.39, 0.29) is 110 Å². The van der Waals surface area contributed by atoms with Gasteiger partial charge >= 0.3 is 0 Å². The van der Waals surface area contributed by atoms with Crippen LogP contribution < -0.4 is 20.7 Å². The second-order valence-corrected chi connectivity index (χ2v) is 56.4. The van der Waals surface area contributed by atoms with Gasteiger partial charge in [0.15, 0.2) is 0 Å². The molecule has 8 heterocycles. The van der Waals surface area contributed by atoms with E-state index in [1.54, 1.807) is 6.07 Å². The summed E-state index contributed by atoms with van der Waals surface area (Å²) in [5.74, 6) is 1.73. The second kappa shape index (κ2) is 56.1. The van der Waals surface area contributed by atoms with Gasteiger partial charge in [-0.15, -0.1) is 287 Å². The molecule has 16 heteroatoms. The molecular weight excluding hydrogens is 2400 g/mol. The third kappa shape index (κ3) is 35.6. The minimum atomic E-state index is -1.48. The summed E-state index contributed by atoms with van der Waals surface area (Å²) in [6.07, 6.45) is 18.8. The van der Waals surface area contributed by atoms with Gasteiger partial charge in [-0.2, -0.15) is 0 Å². The average molecular weight is 2540 g/mol. The van der Waals surface area contributed by atoms with Crippen LogP contribution in [0.2, 0.25) is 78.6 Å². The van der Waals surface area contributed by atoms with Gasteiger partial charge in [0.25, 0.3) is 0 Å². The summed E-state index contributed by atoms with van der Waals surface area (Å²) in [5, 5.41) is 5.87. The van der Waals surface area contributed by atoms with E-state index >= 15 is 0 Å². The van der Waals surface area contributed by atoms with E-state index in [4.69, 9.17) is 20.1 Å². The molecule has 1 aliphatic carbocycles. The van der Waals surface area contributed by atoms with Crippen LogP contribution in [0.4, 0.5) is 0 Å². The number of nitrogens with zero attached hydrogens (tertiary/aromatic N) is 8. The number of pyridine rings is 8. The molecule has 0 spiro atoms. The first-order valence-electron chi connectivity index (χ1n) is 50.0. The van der Waals surface area contributed by atoms with E-state index in [9.17, 15) is 0 Å². The molecule has 16 aromatic rings. The first kappa shape index (κ1) is 95.2. The van der Waals surface area contributed by atoms with Gasteiger partial charge in [-0.1, -0.05) is 221 Å². The Hall–Kier alpha value is -9.58. The van der Waals surface area contributed by atoms with Crippen molar-refractivity contribution in [2.75, 3.05) is 0 Å². The summed E-state index contributed by atoms with van der Waals surface area (Å²) in [5.41, 5.74) is 22.7. The third-order valence-corrected chi connectivity index (χ3v) is 29.8. The Morgan fingerprint density at radius 1 is 0.346 bits per heavy atom. The summed E-state index contributed by atoms with van der Waals surface area (Å²) in [7, 11) is -5.46. The third-order valence-electron chi connectivity index (χ3n) is 21.6. The maximum Gasteiger partial charge on any atom is 0.0830 e. The zero-order valence-electron chi connectivity index (χ0n) is 91.1. The average Bonchev–Trinajstić information content (AvgIpc) is 0.997. The van der Waals surface area contributed by atoms with Crippen molar-refractivity contribution in [3.8, 4) is 90.1 Å². The van der Waals surface area contributed by atoms with E-state index in [0.717, 1.165) is 85.4 Å². The van der Waals surface area contributed by atoms with Crippen LogP contribution in [0.3, 0.4) is 0 Å². The zero-order chi connectivity index (χ0) is 102. The fourth-order valence-corrected chi connectivity index (χ4v) is 21.1. The van der Waals surface area contributed by atoms with Crippen molar-refractivity contribution in [1.82, 2.24) is 39.9 Å². The van der Waals surface area contributed by atoms with Crippen LogP contribution in [0.5, 0.6) is 0 Å². The van der Waals surface area contributed by atoms with Gasteiger partial charge in [0.1, 0.15) is 0 Å². The van der Waals surface area contributed by atoms with Gasteiger partial charge in [0.05, 0.1) is 37.8 Å². The van der Waals surface area contributed by atoms with Crippen LogP contribution in [0, 0.1) is 69.3 Å². The quantitative estimate of drug-likeness (QED) is 0.0656. The zero-order valence-corrected chi connectivity index (χ0v) is 93.7. The Balaban J connectivity index is 0.000000253. The van der Waals surface area contributed by atoms with E-state index in [1.807, 2.05) is 190 Å². The van der Waals surface area contributed by atoms with Crippen LogP contribution in [0.15, 0.2) is 322 Å². The summed E-state index contributed by atoms with van der Waals surface area (Å²) in [6, 6.07) is 93.6. The molecule has 1 saturated carbocycles. The largest absolute Gasteiger partial charge is 0.305 e. The number of benzene rings is 8. The second-order valence-electron chi connectivity index (χ2n) is 36.3. The fourth-order valence-electron chi connectivity index (χ4n) is 14.5. The van der Waals surface area contributed by atoms with Crippen molar-refractivity contribution in [1.29, 1.82) is 0 Å². The minimum absolute atomic E-state index is 0. The van der Waals surface area contributed by atoms with Crippen molar-refractivity contribution in [2.24, 2.45) is 0 Å². The van der Waals surface area contributed by atoms with Gasteiger partial charge in [-0.25, -0.2) is 0 Å². The van der Waals surface area contributed by atoms with Crippen molar-refractivity contribution >= 4 is 53.0 Å². The molecule has 133 heavy (non-hydrogen) atoms. The van der Waals surface area contributed by atoms with Crippen molar-refractivity contribution in [3.63, 3.8) is 0 Å². The monoisotopic (exact) mass is 2540 g/mol. The molecule has 0 bridgehead atoms. The Morgan fingerprint density at radius 2 is 0.767 bits per heavy atom. The molecule has 1 fully saturated rings. The number of hydrogen-bond donors (Lipinski definition) is 0. The maximum atomic E-state index is 7.86. The van der Waals surface area contributed by atoms with Crippen molar-refractivity contribution < 1.29 is 95.5 Å². The van der Waals surface area contributed by atoms with Crippen LogP contribution in [-0.2, 0) is 86.8 Å². The van der Waals surface area contributed by atoms with Gasteiger partial charge in [-0.05, 0) is 158 Å². The van der Waals surface area contributed by atoms with Gasteiger partial charge < -0.3 is 39.9 Å². The molecule has 0 amide bonds. The van der Waals surface area contributed by atoms with Crippen LogP contribution in [0.25, 0.3) is 90.1 Å². The molecule has 0 saturated heterocycles. The summed E-state index contributed by atoms with van der Waals surface area (Å²) in [6.45, 7) is 45.9. The predicted octanol–water partition coefficient (Wildman–Crippen LogP) is 28.3. The van der Waals surface area contributed by atoms with E-state index in [0.29, 0.717) is 23.3 Å². The SMILES string of the molecule is CC(C)c1cc(-c2[c-]cccc2)ncc1[Si](C)(C)C.CCC(C)c1cc(-c2[c-]cccc2)ncc1[Si](C)(C)C.CCc1cc(-c2[c-]cccc2)ncc1[Si](C)(C)C.Cc1ccc(-c2[c-]cccc2)nc1.Cc1cccc(-c2[c-]cccc2)n1.Cc1ccnc(-c2[c-]cccc2)c1.[2H]c1[c-]c(-c2cc(C3CCCC3)c([Si](C)(C)C)cn2)cc([2H])c1[2H].[2H]c1[c-]c(-c2nc([2H])c([2H])c([2H])c2[2H])c([2H])c([2H])c1[2H].[Ir].[Ir].[Ir].[Ir]. The Labute approximate surface area is 871 Å². The molecule has 8 aromatic carbocycles. The first-order valence-corrected chi connectivity index (χ1v) is 58.5. The molecular formula is C117H128Ir4N8Si4-8. The number of aromatic nitrogens is 8. The Kier molecular flexibility index (Phi) is 40.1. The molecule has 1 aliphatic rings. The molecule has 1 unspecified atom stereocenters. The standard InChI is InChI=1S/C19H24NSi.C18H24NSi.C17H22NSi.C16H20NSi.3C12H10N.C11H8N.4Ir/c1-21(2,3)19-14-20-18(16-11-5-4-6-12-16)13-17(19)15-9-7-8-10-15;1-6-14(2)16-12-17(15-10-8-7-9-11-15)19-13-18(16)20(3,4)5;1-13(2)15-11-16(14-9-7-6-8-10-14)18-12-17(15)19(3,4)5;1-5-13-11-15(14-9-7-6-8-10-14)17-12-16(13)18(2,3)4;1-10-6-5-9-12(13-10)11-7-3-2-4-8-11;1-10-7-8-13-12(9-10)11-5-3-2-4-6-11;1-10-7-8-12(13-9-10)11-5-3-2-4-6-11;1-2-6-10(7-3-1)11-8-4-5-9-12-11;;;;/h4-6,11,13-15H,7-10H2,1-3H3;7-10,12-14H,6H2,1-5H3;6-9,11-13H,1-5H3;6-9,11-12H,5H2,1-4H3;2-7,9H,1H3;2*2-5,7-9H,1H3;1-6,8-9H;;;;/q8*-1;;;;/i4D,5D,6D;;;;;;;1D,2D,3D,4D,5D,6D,8D,9D;;;;.